The Kier molecular flexibility index (Phi) is 3.91. The zero-order valence-corrected chi connectivity index (χ0v) is 14.3. The number of likely N-dealkylation sites (N-methyl/N-ethyl adjacent to an activating group) is 1. The Hall–Kier alpha value is -2.48. The van der Waals surface area contributed by atoms with Gasteiger partial charge >= 0.3 is 0 Å². The number of fused-ring (bicyclic) bond motifs is 1. The molecular formula is C17H22N6O2. The molecule has 0 unspecified atom stereocenters. The first-order valence-corrected chi connectivity index (χ1v) is 8.69. The van der Waals surface area contributed by atoms with Crippen LogP contribution in [-0.2, 0) is 4.79 Å². The molecule has 0 radical (unpaired) electrons. The number of benzene rings is 1. The summed E-state index contributed by atoms with van der Waals surface area (Å²) >= 11 is 0. The van der Waals surface area contributed by atoms with Gasteiger partial charge in [-0.2, -0.15) is 15.4 Å². The van der Waals surface area contributed by atoms with E-state index in [9.17, 15) is 9.59 Å². The van der Waals surface area contributed by atoms with Crippen LogP contribution in [0.2, 0.25) is 0 Å². The molecule has 132 valence electrons. The van der Waals surface area contributed by atoms with Crippen LogP contribution in [0.4, 0.5) is 0 Å². The van der Waals surface area contributed by atoms with Crippen LogP contribution in [0.25, 0.3) is 11.0 Å². The number of hydrogen-bond donors (Lipinski definition) is 2. The third kappa shape index (κ3) is 2.66. The van der Waals surface area contributed by atoms with Crippen LogP contribution in [0.15, 0.2) is 18.2 Å². The quantitative estimate of drug-likeness (QED) is 0.782. The Balaban J connectivity index is 1.50. The third-order valence-corrected chi connectivity index (χ3v) is 5.55. The van der Waals surface area contributed by atoms with Crippen molar-refractivity contribution >= 4 is 22.8 Å². The van der Waals surface area contributed by atoms with E-state index in [0.29, 0.717) is 37.0 Å². The molecule has 1 aromatic heterocycles. The van der Waals surface area contributed by atoms with E-state index in [-0.39, 0.29) is 11.8 Å². The smallest absolute Gasteiger partial charge is 0.253 e. The van der Waals surface area contributed by atoms with Crippen molar-refractivity contribution in [1.82, 2.24) is 30.5 Å². The summed E-state index contributed by atoms with van der Waals surface area (Å²) in [7, 11) is 2.01. The molecule has 2 saturated heterocycles. The maximum atomic E-state index is 12.8. The summed E-state index contributed by atoms with van der Waals surface area (Å²) in [5.41, 5.74) is 1.55. The Morgan fingerprint density at radius 2 is 1.92 bits per heavy atom. The van der Waals surface area contributed by atoms with E-state index >= 15 is 0 Å². The van der Waals surface area contributed by atoms with Crippen molar-refractivity contribution in [2.24, 2.45) is 0 Å². The van der Waals surface area contributed by atoms with Crippen molar-refractivity contribution < 1.29 is 9.59 Å². The van der Waals surface area contributed by atoms with E-state index in [1.165, 1.54) is 0 Å². The van der Waals surface area contributed by atoms with Gasteiger partial charge in [0.05, 0.1) is 0 Å². The van der Waals surface area contributed by atoms with E-state index in [2.05, 4.69) is 25.6 Å². The van der Waals surface area contributed by atoms with Crippen LogP contribution in [0, 0.1) is 0 Å². The van der Waals surface area contributed by atoms with E-state index in [1.54, 1.807) is 18.2 Å². The number of aromatic amines is 1. The van der Waals surface area contributed by atoms with Crippen LogP contribution in [0.1, 0.15) is 29.6 Å². The fraction of sp³-hybridized carbons (Fsp3) is 0.529. The number of aromatic nitrogens is 3. The highest BCUT2D eigenvalue weighted by atomic mass is 16.2. The molecule has 1 aromatic carbocycles. The molecule has 2 amide bonds. The predicted octanol–water partition coefficient (Wildman–Crippen LogP) is 0.384. The second-order valence-corrected chi connectivity index (χ2v) is 6.88. The van der Waals surface area contributed by atoms with Gasteiger partial charge in [0.25, 0.3) is 5.91 Å². The van der Waals surface area contributed by atoms with Crippen LogP contribution >= 0.6 is 0 Å². The lowest BCUT2D eigenvalue weighted by molar-refractivity contribution is -0.134. The molecule has 25 heavy (non-hydrogen) atoms. The van der Waals surface area contributed by atoms with Crippen molar-refractivity contribution in [2.45, 2.75) is 24.8 Å². The lowest BCUT2D eigenvalue weighted by Gasteiger charge is -2.44. The highest BCUT2D eigenvalue weighted by Gasteiger charge is 2.46. The molecule has 8 nitrogen and oxygen atoms in total. The van der Waals surface area contributed by atoms with Gasteiger partial charge < -0.3 is 10.2 Å². The number of nitrogens with zero attached hydrogens (tertiary/aromatic N) is 4. The second kappa shape index (κ2) is 6.11. The Morgan fingerprint density at radius 1 is 1.16 bits per heavy atom. The van der Waals surface area contributed by atoms with Gasteiger partial charge in [0.1, 0.15) is 16.6 Å². The molecular weight excluding hydrogens is 320 g/mol. The molecule has 0 aliphatic carbocycles. The molecule has 2 N–H and O–H groups in total. The number of carbonyl (C=O) groups excluding carboxylic acids is 2. The van der Waals surface area contributed by atoms with Gasteiger partial charge in [0, 0.05) is 31.7 Å². The number of hydrogen-bond acceptors (Lipinski definition) is 5. The maximum Gasteiger partial charge on any atom is 0.253 e. The third-order valence-electron chi connectivity index (χ3n) is 5.55. The minimum absolute atomic E-state index is 0.0172. The van der Waals surface area contributed by atoms with Crippen molar-refractivity contribution in [1.29, 1.82) is 0 Å². The lowest BCUT2D eigenvalue weighted by Crippen LogP contribution is -2.61. The first-order valence-electron chi connectivity index (χ1n) is 8.69. The van der Waals surface area contributed by atoms with Gasteiger partial charge in [-0.3, -0.25) is 14.5 Å². The van der Waals surface area contributed by atoms with Gasteiger partial charge in [0.15, 0.2) is 0 Å². The number of H-pyrrole nitrogens is 1. The highest BCUT2D eigenvalue weighted by Crippen LogP contribution is 2.30. The normalized spacial score (nSPS) is 21.3. The first kappa shape index (κ1) is 16.0. The number of nitrogens with one attached hydrogen (secondary N) is 2. The number of carbonyl (C=O) groups is 2. The summed E-state index contributed by atoms with van der Waals surface area (Å²) < 4.78 is 0. The maximum absolute atomic E-state index is 12.8. The standard InChI is InChI=1S/C17H22N6O2/c1-22-8-2-7-18-16(25)17(22)5-9-23(10-6-17)15(24)12-3-4-13-14(11-12)20-21-19-13/h3-4,11H,2,5-10H2,1H3,(H,18,25)(H,19,20,21). The Bertz CT molecular complexity index is 808. The van der Waals surface area contributed by atoms with Gasteiger partial charge in [-0.1, -0.05) is 0 Å². The van der Waals surface area contributed by atoms with E-state index in [1.807, 2.05) is 11.9 Å². The summed E-state index contributed by atoms with van der Waals surface area (Å²) in [6, 6.07) is 5.34. The minimum atomic E-state index is -0.483. The van der Waals surface area contributed by atoms with Crippen molar-refractivity contribution in [3.05, 3.63) is 23.8 Å². The molecule has 2 aromatic rings. The van der Waals surface area contributed by atoms with Crippen molar-refractivity contribution in [2.75, 3.05) is 33.2 Å². The van der Waals surface area contributed by atoms with Crippen LogP contribution < -0.4 is 5.32 Å². The van der Waals surface area contributed by atoms with Gasteiger partial charge in [0.2, 0.25) is 5.91 Å². The van der Waals surface area contributed by atoms with Crippen molar-refractivity contribution in [3.63, 3.8) is 0 Å². The van der Waals surface area contributed by atoms with Gasteiger partial charge in [-0.15, -0.1) is 0 Å². The summed E-state index contributed by atoms with van der Waals surface area (Å²) in [5, 5.41) is 13.6. The fourth-order valence-corrected chi connectivity index (χ4v) is 3.91. The summed E-state index contributed by atoms with van der Waals surface area (Å²) in [6.45, 7) is 2.78. The summed E-state index contributed by atoms with van der Waals surface area (Å²) in [5.74, 6) is 0.0834. The molecule has 0 atom stereocenters. The van der Waals surface area contributed by atoms with Crippen LogP contribution in [0.5, 0.6) is 0 Å². The average molecular weight is 342 g/mol. The number of amides is 2. The molecule has 0 bridgehead atoms. The molecule has 1 spiro atoms. The summed E-state index contributed by atoms with van der Waals surface area (Å²) in [6.07, 6.45) is 2.28. The molecule has 8 heteroatoms. The van der Waals surface area contributed by atoms with Crippen LogP contribution in [-0.4, -0.2) is 75.8 Å². The zero-order chi connectivity index (χ0) is 17.4. The second-order valence-electron chi connectivity index (χ2n) is 6.88. The molecule has 3 heterocycles. The summed E-state index contributed by atoms with van der Waals surface area (Å²) in [4.78, 5) is 29.4. The fourth-order valence-electron chi connectivity index (χ4n) is 3.91. The molecule has 4 rings (SSSR count). The number of piperidine rings is 1. The SMILES string of the molecule is CN1CCCNC(=O)C12CCN(C(=O)c1ccc3n[nH]nc3c1)CC2. The lowest BCUT2D eigenvalue weighted by atomic mass is 9.85. The Labute approximate surface area is 145 Å². The Morgan fingerprint density at radius 3 is 2.72 bits per heavy atom. The van der Waals surface area contributed by atoms with E-state index < -0.39 is 5.54 Å². The number of rotatable bonds is 1. The molecule has 0 saturated carbocycles. The monoisotopic (exact) mass is 342 g/mol. The average Bonchev–Trinajstić information content (AvgIpc) is 3.07. The first-order chi connectivity index (χ1) is 12.1. The van der Waals surface area contributed by atoms with Gasteiger partial charge in [-0.05, 0) is 44.5 Å². The van der Waals surface area contributed by atoms with Gasteiger partial charge in [-0.25, -0.2) is 0 Å². The topological polar surface area (TPSA) is 94.2 Å². The largest absolute Gasteiger partial charge is 0.354 e. The highest BCUT2D eigenvalue weighted by molar-refractivity contribution is 5.97. The minimum Gasteiger partial charge on any atom is -0.354 e. The van der Waals surface area contributed by atoms with E-state index in [0.717, 1.165) is 25.0 Å². The van der Waals surface area contributed by atoms with Crippen LogP contribution in [0.3, 0.4) is 0 Å². The zero-order valence-electron chi connectivity index (χ0n) is 14.3. The molecule has 2 aliphatic heterocycles. The molecule has 2 fully saturated rings. The predicted molar refractivity (Wildman–Crippen MR) is 92.0 cm³/mol. The number of likely N-dealkylation sites (tertiary alicyclic amines) is 1. The van der Waals surface area contributed by atoms with Crippen molar-refractivity contribution in [3.8, 4) is 0 Å². The van der Waals surface area contributed by atoms with E-state index in [4.69, 9.17) is 0 Å². The molecule has 2 aliphatic rings.